The van der Waals surface area contributed by atoms with Gasteiger partial charge in [-0.1, -0.05) is 6.07 Å². The van der Waals surface area contributed by atoms with Crippen molar-refractivity contribution < 1.29 is 22.7 Å². The highest BCUT2D eigenvalue weighted by molar-refractivity contribution is 7.88. The highest BCUT2D eigenvalue weighted by atomic mass is 32.2. The third kappa shape index (κ3) is 4.21. The number of rotatable bonds is 5. The maximum Gasteiger partial charge on any atom is 0.257 e. The van der Waals surface area contributed by atoms with E-state index in [0.29, 0.717) is 48.5 Å². The topological polar surface area (TPSA) is 76.2 Å². The van der Waals surface area contributed by atoms with E-state index in [0.717, 1.165) is 25.8 Å². The number of carbonyl (C=O) groups excluding carboxylic acids is 1. The van der Waals surface area contributed by atoms with Crippen LogP contribution in [0, 0.1) is 11.8 Å². The molecule has 0 N–H and O–H groups in total. The molecule has 1 atom stereocenters. The normalized spacial score (nSPS) is 22.0. The van der Waals surface area contributed by atoms with Gasteiger partial charge in [0.1, 0.15) is 0 Å². The van der Waals surface area contributed by atoms with Crippen molar-refractivity contribution in [2.45, 2.75) is 19.3 Å². The average Bonchev–Trinajstić information content (AvgIpc) is 3.16. The summed E-state index contributed by atoms with van der Waals surface area (Å²) in [6.45, 7) is 2.59. The maximum atomic E-state index is 13.0. The summed E-state index contributed by atoms with van der Waals surface area (Å²) < 4.78 is 35.6. The van der Waals surface area contributed by atoms with E-state index < -0.39 is 10.0 Å². The first-order chi connectivity index (χ1) is 12.8. The van der Waals surface area contributed by atoms with Crippen LogP contribution in [-0.2, 0) is 10.0 Å². The first-order valence-electron chi connectivity index (χ1n) is 9.30. The van der Waals surface area contributed by atoms with Gasteiger partial charge in [0.05, 0.1) is 26.0 Å². The maximum absolute atomic E-state index is 13.0. The van der Waals surface area contributed by atoms with Gasteiger partial charge in [0.15, 0.2) is 11.5 Å². The minimum atomic E-state index is -3.10. The van der Waals surface area contributed by atoms with Gasteiger partial charge in [-0.2, -0.15) is 0 Å². The van der Waals surface area contributed by atoms with Crippen LogP contribution in [0.1, 0.15) is 29.6 Å². The number of piperidine rings is 1. The van der Waals surface area contributed by atoms with Gasteiger partial charge in [-0.05, 0) is 43.2 Å². The van der Waals surface area contributed by atoms with Crippen LogP contribution in [0.5, 0.6) is 11.5 Å². The first kappa shape index (κ1) is 19.9. The zero-order chi connectivity index (χ0) is 19.6. The minimum absolute atomic E-state index is 0.0400. The van der Waals surface area contributed by atoms with Crippen LogP contribution < -0.4 is 9.47 Å². The van der Waals surface area contributed by atoms with Crippen molar-refractivity contribution in [3.63, 3.8) is 0 Å². The van der Waals surface area contributed by atoms with Crippen molar-refractivity contribution in [1.82, 2.24) is 9.21 Å². The third-order valence-corrected chi connectivity index (χ3v) is 7.08. The molecule has 2 saturated heterocycles. The Morgan fingerprint density at radius 3 is 2.30 bits per heavy atom. The Balaban J connectivity index is 1.64. The molecule has 0 aromatic heterocycles. The lowest BCUT2D eigenvalue weighted by Gasteiger charge is -2.33. The Bertz CT molecular complexity index is 787. The molecule has 0 aliphatic carbocycles. The van der Waals surface area contributed by atoms with Crippen LogP contribution in [0.15, 0.2) is 18.2 Å². The Labute approximate surface area is 161 Å². The van der Waals surface area contributed by atoms with Crippen molar-refractivity contribution in [2.75, 3.05) is 46.7 Å². The van der Waals surface area contributed by atoms with E-state index in [-0.39, 0.29) is 5.91 Å². The number of likely N-dealkylation sites (tertiary alicyclic amines) is 1. The number of carbonyl (C=O) groups is 1. The fourth-order valence-electron chi connectivity index (χ4n) is 4.26. The number of hydrogen-bond acceptors (Lipinski definition) is 5. The van der Waals surface area contributed by atoms with Gasteiger partial charge in [0.25, 0.3) is 5.91 Å². The number of amides is 1. The van der Waals surface area contributed by atoms with Gasteiger partial charge >= 0.3 is 0 Å². The van der Waals surface area contributed by atoms with Gasteiger partial charge < -0.3 is 14.4 Å². The Kier molecular flexibility index (Phi) is 5.95. The van der Waals surface area contributed by atoms with Crippen LogP contribution in [0.2, 0.25) is 0 Å². The number of sulfonamides is 1. The van der Waals surface area contributed by atoms with Crippen molar-refractivity contribution >= 4 is 15.9 Å². The molecule has 8 heteroatoms. The summed E-state index contributed by atoms with van der Waals surface area (Å²) in [5.41, 5.74) is 0.518. The summed E-state index contributed by atoms with van der Waals surface area (Å²) in [5, 5.41) is 0. The molecule has 2 aliphatic rings. The molecule has 1 aromatic rings. The van der Waals surface area contributed by atoms with Crippen molar-refractivity contribution in [2.24, 2.45) is 11.8 Å². The van der Waals surface area contributed by atoms with E-state index in [1.807, 2.05) is 4.90 Å². The summed E-state index contributed by atoms with van der Waals surface area (Å²) >= 11 is 0. The number of benzene rings is 1. The van der Waals surface area contributed by atoms with E-state index in [4.69, 9.17) is 9.47 Å². The quantitative estimate of drug-likeness (QED) is 0.759. The zero-order valence-corrected chi connectivity index (χ0v) is 17.0. The first-order valence-corrected chi connectivity index (χ1v) is 11.2. The fraction of sp³-hybridized carbons (Fsp3) is 0.632. The lowest BCUT2D eigenvalue weighted by Crippen LogP contribution is -2.40. The molecule has 0 saturated carbocycles. The largest absolute Gasteiger partial charge is 0.493 e. The molecule has 2 heterocycles. The highest BCUT2D eigenvalue weighted by Gasteiger charge is 2.36. The predicted molar refractivity (Wildman–Crippen MR) is 103 cm³/mol. The Hall–Kier alpha value is -1.80. The molecule has 1 amide bonds. The standard InChI is InChI=1S/C19H28N2O5S/c1-25-17-6-4-5-16(18(17)26-2)19(22)20-10-7-15(13-20)14-8-11-21(12-9-14)27(3,23)24/h4-6,14-15H,7-13H2,1-3H3. The molecule has 2 fully saturated rings. The van der Waals surface area contributed by atoms with E-state index in [1.54, 1.807) is 29.6 Å². The molecule has 7 nitrogen and oxygen atoms in total. The second kappa shape index (κ2) is 8.06. The second-order valence-corrected chi connectivity index (χ2v) is 9.32. The number of methoxy groups -OCH3 is 2. The van der Waals surface area contributed by atoms with Gasteiger partial charge in [-0.25, -0.2) is 12.7 Å². The van der Waals surface area contributed by atoms with Crippen LogP contribution >= 0.6 is 0 Å². The SMILES string of the molecule is COc1cccc(C(=O)N2CCC(C3CCN(S(C)(=O)=O)CC3)C2)c1OC. The molecular formula is C19H28N2O5S. The third-order valence-electron chi connectivity index (χ3n) is 5.78. The molecule has 0 radical (unpaired) electrons. The van der Waals surface area contributed by atoms with E-state index in [9.17, 15) is 13.2 Å². The summed E-state index contributed by atoms with van der Waals surface area (Å²) in [6.07, 6.45) is 3.96. The van der Waals surface area contributed by atoms with Crippen LogP contribution in [0.25, 0.3) is 0 Å². The summed E-state index contributed by atoms with van der Waals surface area (Å²) in [7, 11) is -0.00927. The molecule has 1 aromatic carbocycles. The summed E-state index contributed by atoms with van der Waals surface area (Å²) in [4.78, 5) is 14.9. The number of hydrogen-bond donors (Lipinski definition) is 0. The van der Waals surface area contributed by atoms with Crippen molar-refractivity contribution in [3.05, 3.63) is 23.8 Å². The molecule has 0 bridgehead atoms. The summed E-state index contributed by atoms with van der Waals surface area (Å²) in [6, 6.07) is 5.34. The highest BCUT2D eigenvalue weighted by Crippen LogP contribution is 2.35. The van der Waals surface area contributed by atoms with Gasteiger partial charge in [-0.3, -0.25) is 4.79 Å². The van der Waals surface area contributed by atoms with Crippen molar-refractivity contribution in [1.29, 1.82) is 0 Å². The van der Waals surface area contributed by atoms with E-state index >= 15 is 0 Å². The Morgan fingerprint density at radius 1 is 1.04 bits per heavy atom. The molecule has 27 heavy (non-hydrogen) atoms. The summed E-state index contributed by atoms with van der Waals surface area (Å²) in [5.74, 6) is 1.87. The smallest absolute Gasteiger partial charge is 0.257 e. The molecule has 3 rings (SSSR count). The van der Waals surface area contributed by atoms with Gasteiger partial charge in [0.2, 0.25) is 10.0 Å². The average molecular weight is 397 g/mol. The lowest BCUT2D eigenvalue weighted by atomic mass is 9.84. The minimum Gasteiger partial charge on any atom is -0.493 e. The molecular weight excluding hydrogens is 368 g/mol. The molecule has 2 aliphatic heterocycles. The van der Waals surface area contributed by atoms with E-state index in [1.165, 1.54) is 13.4 Å². The molecule has 1 unspecified atom stereocenters. The number of para-hydroxylation sites is 1. The van der Waals surface area contributed by atoms with Gasteiger partial charge in [-0.15, -0.1) is 0 Å². The van der Waals surface area contributed by atoms with Crippen LogP contribution in [0.3, 0.4) is 0 Å². The van der Waals surface area contributed by atoms with Crippen LogP contribution in [0.4, 0.5) is 0 Å². The van der Waals surface area contributed by atoms with Gasteiger partial charge in [0, 0.05) is 26.2 Å². The molecule has 150 valence electrons. The van der Waals surface area contributed by atoms with Crippen molar-refractivity contribution in [3.8, 4) is 11.5 Å². The fourth-order valence-corrected chi connectivity index (χ4v) is 5.14. The zero-order valence-electron chi connectivity index (χ0n) is 16.2. The number of ether oxygens (including phenoxy) is 2. The van der Waals surface area contributed by atoms with Crippen LogP contribution in [-0.4, -0.2) is 70.2 Å². The second-order valence-electron chi connectivity index (χ2n) is 7.34. The lowest BCUT2D eigenvalue weighted by molar-refractivity contribution is 0.0774. The number of nitrogens with zero attached hydrogens (tertiary/aromatic N) is 2. The monoisotopic (exact) mass is 396 g/mol. The Morgan fingerprint density at radius 2 is 1.70 bits per heavy atom. The van der Waals surface area contributed by atoms with E-state index in [2.05, 4.69) is 0 Å². The predicted octanol–water partition coefficient (Wildman–Crippen LogP) is 1.84. The molecule has 0 spiro atoms.